The molecule has 0 aromatic heterocycles. The number of rotatable bonds is 4. The molecular formula is C13H17N. The molecule has 1 aromatic carbocycles. The quantitative estimate of drug-likeness (QED) is 0.564. The molecule has 0 amide bonds. The van der Waals surface area contributed by atoms with Crippen molar-refractivity contribution in [2.75, 3.05) is 6.54 Å². The number of terminal acetylenes is 1. The predicted octanol–water partition coefficient (Wildman–Crippen LogP) is 2.67. The maximum atomic E-state index is 5.19. The van der Waals surface area contributed by atoms with Crippen LogP contribution in [0, 0.1) is 19.3 Å². The van der Waals surface area contributed by atoms with Crippen LogP contribution in [0.15, 0.2) is 24.3 Å². The highest BCUT2D eigenvalue weighted by Crippen LogP contribution is 2.16. The van der Waals surface area contributed by atoms with Crippen molar-refractivity contribution in [3.8, 4) is 12.3 Å². The summed E-state index contributed by atoms with van der Waals surface area (Å²) in [5, 5.41) is 3.40. The molecule has 1 N–H and O–H groups in total. The molecule has 0 fully saturated rings. The van der Waals surface area contributed by atoms with Crippen molar-refractivity contribution in [1.82, 2.24) is 5.32 Å². The number of benzene rings is 1. The van der Waals surface area contributed by atoms with E-state index >= 15 is 0 Å². The normalized spacial score (nSPS) is 12.1. The van der Waals surface area contributed by atoms with E-state index in [9.17, 15) is 0 Å². The van der Waals surface area contributed by atoms with Crippen LogP contribution in [0.2, 0.25) is 0 Å². The van der Waals surface area contributed by atoms with E-state index in [-0.39, 0.29) is 0 Å². The third-order valence-corrected chi connectivity index (χ3v) is 2.37. The van der Waals surface area contributed by atoms with E-state index in [4.69, 9.17) is 6.42 Å². The average Bonchev–Trinajstić information content (AvgIpc) is 2.18. The molecule has 0 saturated heterocycles. The van der Waals surface area contributed by atoms with Gasteiger partial charge >= 0.3 is 0 Å². The van der Waals surface area contributed by atoms with Crippen molar-refractivity contribution in [3.63, 3.8) is 0 Å². The first kappa shape index (κ1) is 10.8. The summed E-state index contributed by atoms with van der Waals surface area (Å²) >= 11 is 0. The molecule has 1 rings (SSSR count). The van der Waals surface area contributed by atoms with Crippen LogP contribution in [0.3, 0.4) is 0 Å². The van der Waals surface area contributed by atoms with E-state index in [0.29, 0.717) is 6.04 Å². The lowest BCUT2D eigenvalue weighted by Gasteiger charge is -2.15. The summed E-state index contributed by atoms with van der Waals surface area (Å²) in [6.45, 7) is 5.18. The minimum absolute atomic E-state index is 0.379. The second-order valence-electron chi connectivity index (χ2n) is 3.49. The van der Waals surface area contributed by atoms with Crippen LogP contribution in [-0.2, 0) is 0 Å². The first-order valence-corrected chi connectivity index (χ1v) is 4.98. The molecule has 0 spiro atoms. The summed E-state index contributed by atoms with van der Waals surface area (Å²) in [6.07, 6.45) is 5.98. The highest BCUT2D eigenvalue weighted by atomic mass is 14.9. The van der Waals surface area contributed by atoms with Crippen molar-refractivity contribution in [1.29, 1.82) is 0 Å². The van der Waals surface area contributed by atoms with E-state index in [2.05, 4.69) is 49.4 Å². The zero-order chi connectivity index (χ0) is 10.4. The van der Waals surface area contributed by atoms with Gasteiger partial charge in [-0.15, -0.1) is 12.3 Å². The van der Waals surface area contributed by atoms with Gasteiger partial charge in [-0.25, -0.2) is 0 Å². The van der Waals surface area contributed by atoms with Gasteiger partial charge in [0.2, 0.25) is 0 Å². The molecule has 14 heavy (non-hydrogen) atoms. The van der Waals surface area contributed by atoms with Crippen LogP contribution in [0.25, 0.3) is 0 Å². The molecule has 1 atom stereocenters. The summed E-state index contributed by atoms with van der Waals surface area (Å²) in [5.74, 6) is 2.63. The topological polar surface area (TPSA) is 12.0 Å². The molecule has 74 valence electrons. The first-order valence-electron chi connectivity index (χ1n) is 4.98. The lowest BCUT2D eigenvalue weighted by Crippen LogP contribution is -2.20. The molecule has 0 bridgehead atoms. The SMILES string of the molecule is C#CCCN[C@@H](C)c1ccccc1C. The average molecular weight is 187 g/mol. The zero-order valence-electron chi connectivity index (χ0n) is 8.88. The Kier molecular flexibility index (Phi) is 4.22. The summed E-state index contributed by atoms with van der Waals surface area (Å²) in [5.41, 5.74) is 2.68. The molecular weight excluding hydrogens is 170 g/mol. The summed E-state index contributed by atoms with van der Waals surface area (Å²) < 4.78 is 0. The van der Waals surface area contributed by atoms with E-state index in [1.165, 1.54) is 11.1 Å². The molecule has 0 aliphatic rings. The fourth-order valence-corrected chi connectivity index (χ4v) is 1.54. The third-order valence-electron chi connectivity index (χ3n) is 2.37. The smallest absolute Gasteiger partial charge is 0.0294 e. The van der Waals surface area contributed by atoms with Crippen LogP contribution < -0.4 is 5.32 Å². The number of hydrogen-bond acceptors (Lipinski definition) is 1. The Balaban J connectivity index is 2.57. The summed E-state index contributed by atoms with van der Waals surface area (Å²) in [6, 6.07) is 8.80. The molecule has 0 radical (unpaired) electrons. The van der Waals surface area contributed by atoms with Crippen molar-refractivity contribution in [3.05, 3.63) is 35.4 Å². The summed E-state index contributed by atoms with van der Waals surface area (Å²) in [7, 11) is 0. The van der Waals surface area contributed by atoms with Crippen molar-refractivity contribution in [2.45, 2.75) is 26.3 Å². The van der Waals surface area contributed by atoms with Crippen molar-refractivity contribution >= 4 is 0 Å². The summed E-state index contributed by atoms with van der Waals surface area (Å²) in [4.78, 5) is 0. The fraction of sp³-hybridized carbons (Fsp3) is 0.385. The van der Waals surface area contributed by atoms with E-state index in [1.807, 2.05) is 0 Å². The van der Waals surface area contributed by atoms with Crippen LogP contribution in [0.4, 0.5) is 0 Å². The fourth-order valence-electron chi connectivity index (χ4n) is 1.54. The lowest BCUT2D eigenvalue weighted by molar-refractivity contribution is 0.581. The van der Waals surface area contributed by atoms with Crippen LogP contribution in [0.1, 0.15) is 30.5 Å². The van der Waals surface area contributed by atoms with E-state index in [0.717, 1.165) is 13.0 Å². The Labute approximate surface area is 86.5 Å². The molecule has 0 aliphatic carbocycles. The Morgan fingerprint density at radius 1 is 1.43 bits per heavy atom. The van der Waals surface area contributed by atoms with Gasteiger partial charge in [-0.3, -0.25) is 0 Å². The van der Waals surface area contributed by atoms with E-state index < -0.39 is 0 Å². The molecule has 1 nitrogen and oxygen atoms in total. The standard InChI is InChI=1S/C13H17N/c1-4-5-10-14-12(3)13-9-7-6-8-11(13)2/h1,6-9,12,14H,5,10H2,2-3H3/t12-/m0/s1. The predicted molar refractivity (Wildman–Crippen MR) is 61.0 cm³/mol. The minimum Gasteiger partial charge on any atom is -0.309 e. The zero-order valence-corrected chi connectivity index (χ0v) is 8.88. The lowest BCUT2D eigenvalue weighted by atomic mass is 10.0. The van der Waals surface area contributed by atoms with Crippen LogP contribution >= 0.6 is 0 Å². The second-order valence-corrected chi connectivity index (χ2v) is 3.49. The van der Waals surface area contributed by atoms with Crippen molar-refractivity contribution in [2.24, 2.45) is 0 Å². The van der Waals surface area contributed by atoms with Crippen LogP contribution in [-0.4, -0.2) is 6.54 Å². The van der Waals surface area contributed by atoms with Crippen LogP contribution in [0.5, 0.6) is 0 Å². The maximum absolute atomic E-state index is 5.19. The highest BCUT2D eigenvalue weighted by molar-refractivity contribution is 5.28. The Hall–Kier alpha value is -1.26. The van der Waals surface area contributed by atoms with Gasteiger partial charge in [0.15, 0.2) is 0 Å². The van der Waals surface area contributed by atoms with Gasteiger partial charge in [0.05, 0.1) is 0 Å². The Morgan fingerprint density at radius 2 is 2.14 bits per heavy atom. The molecule has 1 aromatic rings. The maximum Gasteiger partial charge on any atom is 0.0294 e. The molecule has 0 saturated carbocycles. The second kappa shape index (κ2) is 5.47. The number of hydrogen-bond donors (Lipinski definition) is 1. The minimum atomic E-state index is 0.379. The molecule has 0 unspecified atom stereocenters. The monoisotopic (exact) mass is 187 g/mol. The Morgan fingerprint density at radius 3 is 2.79 bits per heavy atom. The Bertz CT molecular complexity index is 322. The largest absolute Gasteiger partial charge is 0.309 e. The first-order chi connectivity index (χ1) is 6.75. The van der Waals surface area contributed by atoms with Gasteiger partial charge in [0.25, 0.3) is 0 Å². The van der Waals surface area contributed by atoms with Crippen molar-refractivity contribution < 1.29 is 0 Å². The highest BCUT2D eigenvalue weighted by Gasteiger charge is 2.05. The van der Waals surface area contributed by atoms with Gasteiger partial charge in [0.1, 0.15) is 0 Å². The van der Waals surface area contributed by atoms with Gasteiger partial charge in [-0.1, -0.05) is 24.3 Å². The van der Waals surface area contributed by atoms with E-state index in [1.54, 1.807) is 0 Å². The van der Waals surface area contributed by atoms with Gasteiger partial charge in [0, 0.05) is 19.0 Å². The number of nitrogens with one attached hydrogen (secondary N) is 1. The molecule has 1 heteroatoms. The third kappa shape index (κ3) is 2.90. The number of aryl methyl sites for hydroxylation is 1. The van der Waals surface area contributed by atoms with Gasteiger partial charge < -0.3 is 5.32 Å². The molecule has 0 heterocycles. The molecule has 0 aliphatic heterocycles. The van der Waals surface area contributed by atoms with Gasteiger partial charge in [-0.05, 0) is 25.0 Å². The van der Waals surface area contributed by atoms with Gasteiger partial charge in [-0.2, -0.15) is 0 Å².